The topological polar surface area (TPSA) is 116 Å². The van der Waals surface area contributed by atoms with Gasteiger partial charge in [0.2, 0.25) is 5.78 Å². The van der Waals surface area contributed by atoms with Crippen LogP contribution in [0, 0.1) is 0 Å². The lowest BCUT2D eigenvalue weighted by atomic mass is 10.2. The highest BCUT2D eigenvalue weighted by Crippen LogP contribution is 2.34. The van der Waals surface area contributed by atoms with E-state index in [9.17, 15) is 18.0 Å². The van der Waals surface area contributed by atoms with Crippen molar-refractivity contribution in [1.29, 1.82) is 0 Å². The Labute approximate surface area is 195 Å². The van der Waals surface area contributed by atoms with Crippen molar-refractivity contribution in [3.63, 3.8) is 0 Å². The van der Waals surface area contributed by atoms with Gasteiger partial charge < -0.3 is 9.72 Å². The second-order valence-corrected chi connectivity index (χ2v) is 7.58. The molecule has 10 nitrogen and oxygen atoms in total. The predicted octanol–water partition coefficient (Wildman–Crippen LogP) is 3.66. The van der Waals surface area contributed by atoms with E-state index in [1.54, 1.807) is 34.9 Å². The van der Waals surface area contributed by atoms with Gasteiger partial charge in [0.05, 0.1) is 31.9 Å². The summed E-state index contributed by atoms with van der Waals surface area (Å²) >= 11 is 0. The number of H-pyrrole nitrogens is 1. The Balaban J connectivity index is 1.72. The number of nitrogens with one attached hydrogen (secondary N) is 1. The molecule has 35 heavy (non-hydrogen) atoms. The van der Waals surface area contributed by atoms with Gasteiger partial charge in [-0.3, -0.25) is 9.20 Å². The molecule has 5 rings (SSSR count). The summed E-state index contributed by atoms with van der Waals surface area (Å²) in [6, 6.07) is 8.34. The summed E-state index contributed by atoms with van der Waals surface area (Å²) in [5, 5.41) is 3.73. The number of halogens is 3. The van der Waals surface area contributed by atoms with Gasteiger partial charge in [-0.2, -0.15) is 13.2 Å². The van der Waals surface area contributed by atoms with Crippen LogP contribution in [0.3, 0.4) is 0 Å². The van der Waals surface area contributed by atoms with Gasteiger partial charge >= 0.3 is 6.18 Å². The Hall–Kier alpha value is -4.55. The number of imidazole rings is 2. The molecule has 0 unspecified atom stereocenters. The number of carbonyl (C=O) groups is 1. The Kier molecular flexibility index (Phi) is 5.30. The van der Waals surface area contributed by atoms with Gasteiger partial charge in [0.15, 0.2) is 11.6 Å². The summed E-state index contributed by atoms with van der Waals surface area (Å²) < 4.78 is 48.7. The molecule has 0 fully saturated rings. The van der Waals surface area contributed by atoms with E-state index >= 15 is 0 Å². The second-order valence-electron chi connectivity index (χ2n) is 7.58. The van der Waals surface area contributed by atoms with Crippen LogP contribution >= 0.6 is 0 Å². The number of rotatable bonds is 6. The van der Waals surface area contributed by atoms with Crippen molar-refractivity contribution in [2.75, 3.05) is 7.11 Å². The second kappa shape index (κ2) is 8.34. The number of Topliss-reactive ketones (excluding diaryl/α,β-unsaturated/α-hetero) is 1. The maximum absolute atomic E-state index is 13.6. The van der Waals surface area contributed by atoms with E-state index in [-0.39, 0.29) is 35.3 Å². The number of ketones is 1. The first kappa shape index (κ1) is 22.3. The van der Waals surface area contributed by atoms with Crippen molar-refractivity contribution >= 4 is 11.6 Å². The molecular formula is C22H17F3N8O2. The number of aromatic nitrogens is 8. The first-order valence-corrected chi connectivity index (χ1v) is 10.3. The number of hydrogen-bond donors (Lipinski definition) is 1. The molecule has 4 heterocycles. The molecule has 13 heteroatoms. The van der Waals surface area contributed by atoms with Gasteiger partial charge in [0, 0.05) is 13.1 Å². The molecule has 0 saturated heterocycles. The number of aromatic amines is 1. The number of carbonyl (C=O) groups excluding carboxylic acids is 1. The smallest absolute Gasteiger partial charge is 0.453 e. The minimum atomic E-state index is -4.77. The fourth-order valence-electron chi connectivity index (χ4n) is 3.58. The molecule has 0 saturated carbocycles. The molecule has 0 radical (unpaired) electrons. The third kappa shape index (κ3) is 4.11. The molecule has 0 aliphatic heterocycles. The number of ether oxygens (including phenoxy) is 1. The highest BCUT2D eigenvalue weighted by molar-refractivity contribution is 5.92. The lowest BCUT2D eigenvalue weighted by molar-refractivity contribution is -0.144. The lowest BCUT2D eigenvalue weighted by Gasteiger charge is -2.07. The summed E-state index contributed by atoms with van der Waals surface area (Å²) in [6.07, 6.45) is -0.270. The molecule has 0 bridgehead atoms. The standard InChI is InChI=1S/C22H17F3N8O2/c1-12(34)15-7-8-32-18(16-9-26-11-27-16)17(29-21(32)28-15)19-30-20(22(23,24)25)31-33(19)10-13-3-5-14(35-2)6-4-13/h3-9,11H,10H2,1-2H3,(H,26,27). The Morgan fingerprint density at radius 2 is 1.89 bits per heavy atom. The fraction of sp³-hybridized carbons (Fsp3) is 0.182. The van der Waals surface area contributed by atoms with E-state index in [1.807, 2.05) is 0 Å². The van der Waals surface area contributed by atoms with E-state index in [1.165, 1.54) is 32.6 Å². The molecule has 178 valence electrons. The molecule has 0 amide bonds. The monoisotopic (exact) mass is 482 g/mol. The molecule has 0 aliphatic carbocycles. The number of nitrogens with zero attached hydrogens (tertiary/aromatic N) is 7. The summed E-state index contributed by atoms with van der Waals surface area (Å²) in [5.41, 5.74) is 1.78. The van der Waals surface area contributed by atoms with Crippen LogP contribution in [0.4, 0.5) is 13.2 Å². The first-order chi connectivity index (χ1) is 16.7. The summed E-state index contributed by atoms with van der Waals surface area (Å²) in [6.45, 7) is 1.35. The van der Waals surface area contributed by atoms with Crippen molar-refractivity contribution in [2.24, 2.45) is 0 Å². The van der Waals surface area contributed by atoms with Gasteiger partial charge in [-0.05, 0) is 23.8 Å². The lowest BCUT2D eigenvalue weighted by Crippen LogP contribution is -2.09. The molecule has 0 atom stereocenters. The highest BCUT2D eigenvalue weighted by Gasteiger charge is 2.38. The zero-order valence-corrected chi connectivity index (χ0v) is 18.4. The number of hydrogen-bond acceptors (Lipinski definition) is 7. The molecule has 1 aromatic carbocycles. The SMILES string of the molecule is COc1ccc(Cn2nc(C(F)(F)F)nc2-c2nc3nc(C(C)=O)ccn3c2-c2cnc[nH]2)cc1. The third-order valence-electron chi connectivity index (χ3n) is 5.24. The molecule has 5 aromatic rings. The first-order valence-electron chi connectivity index (χ1n) is 10.3. The maximum atomic E-state index is 13.6. The van der Waals surface area contributed by atoms with Crippen molar-refractivity contribution in [2.45, 2.75) is 19.6 Å². The average Bonchev–Trinajstić information content (AvgIpc) is 3.56. The van der Waals surface area contributed by atoms with Crippen molar-refractivity contribution in [1.82, 2.24) is 39.1 Å². The summed E-state index contributed by atoms with van der Waals surface area (Å²) in [4.78, 5) is 31.3. The molecule has 0 aliphatic rings. The average molecular weight is 482 g/mol. The van der Waals surface area contributed by atoms with Gasteiger partial charge in [0.1, 0.15) is 22.8 Å². The largest absolute Gasteiger partial charge is 0.497 e. The van der Waals surface area contributed by atoms with Crippen LogP contribution < -0.4 is 4.74 Å². The number of fused-ring (bicyclic) bond motifs is 1. The number of methoxy groups -OCH3 is 1. The molecular weight excluding hydrogens is 465 g/mol. The van der Waals surface area contributed by atoms with Crippen LogP contribution in [0.2, 0.25) is 0 Å². The normalized spacial score (nSPS) is 11.8. The van der Waals surface area contributed by atoms with Crippen LogP contribution in [-0.2, 0) is 12.7 Å². The van der Waals surface area contributed by atoms with E-state index in [0.29, 0.717) is 22.7 Å². The van der Waals surface area contributed by atoms with E-state index in [2.05, 4.69) is 30.0 Å². The van der Waals surface area contributed by atoms with Crippen molar-refractivity contribution in [3.8, 4) is 28.7 Å². The number of benzene rings is 1. The Morgan fingerprint density at radius 1 is 1.11 bits per heavy atom. The van der Waals surface area contributed by atoms with Gasteiger partial charge in [-0.15, -0.1) is 5.10 Å². The quantitative estimate of drug-likeness (QED) is 0.367. The minimum Gasteiger partial charge on any atom is -0.497 e. The van der Waals surface area contributed by atoms with Crippen molar-refractivity contribution < 1.29 is 22.7 Å². The Bertz CT molecular complexity index is 1520. The summed E-state index contributed by atoms with van der Waals surface area (Å²) in [7, 11) is 1.52. The number of alkyl halides is 3. The molecule has 1 N–H and O–H groups in total. The van der Waals surface area contributed by atoms with Crippen molar-refractivity contribution in [3.05, 3.63) is 66.1 Å². The molecule has 0 spiro atoms. The van der Waals surface area contributed by atoms with Crippen LogP contribution in [0.15, 0.2) is 49.1 Å². The van der Waals surface area contributed by atoms with Gasteiger partial charge in [0.25, 0.3) is 5.82 Å². The molecule has 4 aromatic heterocycles. The van der Waals surface area contributed by atoms with E-state index in [4.69, 9.17) is 4.74 Å². The third-order valence-corrected chi connectivity index (χ3v) is 5.24. The fourth-order valence-corrected chi connectivity index (χ4v) is 3.58. The van der Waals surface area contributed by atoms with Gasteiger partial charge in [-0.1, -0.05) is 12.1 Å². The van der Waals surface area contributed by atoms with Crippen LogP contribution in [-0.4, -0.2) is 52.0 Å². The van der Waals surface area contributed by atoms with Crippen LogP contribution in [0.5, 0.6) is 5.75 Å². The van der Waals surface area contributed by atoms with Crippen LogP contribution in [0.1, 0.15) is 28.8 Å². The zero-order valence-electron chi connectivity index (χ0n) is 18.4. The summed E-state index contributed by atoms with van der Waals surface area (Å²) in [5.74, 6) is -0.969. The van der Waals surface area contributed by atoms with Crippen LogP contribution in [0.25, 0.3) is 28.7 Å². The van der Waals surface area contributed by atoms with E-state index < -0.39 is 12.0 Å². The highest BCUT2D eigenvalue weighted by atomic mass is 19.4. The zero-order chi connectivity index (χ0) is 24.7. The van der Waals surface area contributed by atoms with E-state index in [0.717, 1.165) is 4.68 Å². The minimum absolute atomic E-state index is 0.00911. The predicted molar refractivity (Wildman–Crippen MR) is 117 cm³/mol. The maximum Gasteiger partial charge on any atom is 0.453 e. The van der Waals surface area contributed by atoms with Gasteiger partial charge in [-0.25, -0.2) is 24.6 Å². The Morgan fingerprint density at radius 3 is 2.51 bits per heavy atom.